The standard InChI is InChI=1S/C4Cl2IN3O2/c5-2-1(10(11)12)3(6)9-4(7)8-2. The van der Waals surface area contributed by atoms with E-state index in [1.807, 2.05) is 0 Å². The van der Waals surface area contributed by atoms with Crippen LogP contribution in [0.5, 0.6) is 0 Å². The van der Waals surface area contributed by atoms with Gasteiger partial charge in [-0.1, -0.05) is 23.2 Å². The summed E-state index contributed by atoms with van der Waals surface area (Å²) in [6.45, 7) is 0. The SMILES string of the molecule is O=[N+]([O-])c1c(Cl)nc(I)nc1Cl. The van der Waals surface area contributed by atoms with E-state index in [0.717, 1.165) is 0 Å². The maximum Gasteiger partial charge on any atom is 0.343 e. The highest BCUT2D eigenvalue weighted by Crippen LogP contribution is 2.28. The van der Waals surface area contributed by atoms with Crippen LogP contribution in [-0.4, -0.2) is 14.9 Å². The van der Waals surface area contributed by atoms with E-state index in [1.54, 1.807) is 22.6 Å². The zero-order chi connectivity index (χ0) is 9.30. The van der Waals surface area contributed by atoms with Gasteiger partial charge in [-0.25, -0.2) is 9.97 Å². The van der Waals surface area contributed by atoms with E-state index >= 15 is 0 Å². The predicted molar refractivity (Wildman–Crippen MR) is 51.4 cm³/mol. The molecule has 0 fully saturated rings. The normalized spacial score (nSPS) is 9.92. The molecule has 5 nitrogen and oxygen atoms in total. The molecule has 0 aliphatic carbocycles. The lowest BCUT2D eigenvalue weighted by atomic mass is 10.5. The Morgan fingerprint density at radius 3 is 2.08 bits per heavy atom. The van der Waals surface area contributed by atoms with Crippen molar-refractivity contribution >= 4 is 51.5 Å². The van der Waals surface area contributed by atoms with Crippen molar-refractivity contribution in [3.63, 3.8) is 0 Å². The molecular weight excluding hydrogens is 320 g/mol. The van der Waals surface area contributed by atoms with Gasteiger partial charge in [-0.2, -0.15) is 0 Å². The highest BCUT2D eigenvalue weighted by atomic mass is 127. The summed E-state index contributed by atoms with van der Waals surface area (Å²) in [6, 6.07) is 0. The van der Waals surface area contributed by atoms with Crippen LogP contribution in [0, 0.1) is 13.9 Å². The molecule has 0 aliphatic rings. The quantitative estimate of drug-likeness (QED) is 0.262. The second-order valence-electron chi connectivity index (χ2n) is 1.68. The van der Waals surface area contributed by atoms with Gasteiger partial charge in [0.15, 0.2) is 3.83 Å². The number of nitrogens with zero attached hydrogens (tertiary/aromatic N) is 3. The first kappa shape index (κ1) is 9.87. The zero-order valence-electron chi connectivity index (χ0n) is 5.29. The van der Waals surface area contributed by atoms with Crippen LogP contribution in [0.15, 0.2) is 0 Å². The lowest BCUT2D eigenvalue weighted by molar-refractivity contribution is -0.385. The van der Waals surface area contributed by atoms with Crippen molar-refractivity contribution in [3.05, 3.63) is 24.3 Å². The van der Waals surface area contributed by atoms with Gasteiger partial charge in [-0.3, -0.25) is 10.1 Å². The average molecular weight is 320 g/mol. The minimum absolute atomic E-state index is 0.246. The molecule has 8 heteroatoms. The van der Waals surface area contributed by atoms with E-state index < -0.39 is 10.6 Å². The number of rotatable bonds is 1. The Morgan fingerprint density at radius 2 is 1.75 bits per heavy atom. The van der Waals surface area contributed by atoms with Crippen molar-refractivity contribution in [1.82, 2.24) is 9.97 Å². The van der Waals surface area contributed by atoms with Gasteiger partial charge in [0.2, 0.25) is 10.3 Å². The van der Waals surface area contributed by atoms with E-state index in [4.69, 9.17) is 23.2 Å². The smallest absolute Gasteiger partial charge is 0.258 e. The molecule has 0 N–H and O–H groups in total. The molecule has 0 aliphatic heterocycles. The number of nitro groups is 1. The summed E-state index contributed by atoms with van der Waals surface area (Å²) in [5.41, 5.74) is -0.459. The van der Waals surface area contributed by atoms with Crippen LogP contribution in [0.3, 0.4) is 0 Å². The molecule has 12 heavy (non-hydrogen) atoms. The van der Waals surface area contributed by atoms with Gasteiger partial charge in [-0.05, 0) is 0 Å². The van der Waals surface area contributed by atoms with E-state index in [0.29, 0.717) is 0 Å². The second-order valence-corrected chi connectivity index (χ2v) is 3.36. The molecule has 0 atom stereocenters. The van der Waals surface area contributed by atoms with Gasteiger partial charge in [0, 0.05) is 22.6 Å². The Hall–Kier alpha value is -0.210. The number of halogens is 3. The molecule has 0 bridgehead atoms. The van der Waals surface area contributed by atoms with Gasteiger partial charge in [0.25, 0.3) is 0 Å². The molecule has 0 amide bonds. The van der Waals surface area contributed by atoms with E-state index in [1.165, 1.54) is 0 Å². The Labute approximate surface area is 90.4 Å². The maximum absolute atomic E-state index is 10.3. The molecule has 0 radical (unpaired) electrons. The molecule has 0 aromatic carbocycles. The molecule has 0 unspecified atom stereocenters. The summed E-state index contributed by atoms with van der Waals surface area (Å²) in [6.07, 6.45) is 0. The summed E-state index contributed by atoms with van der Waals surface area (Å²) in [5, 5.41) is 9.82. The number of aromatic nitrogens is 2. The lowest BCUT2D eigenvalue weighted by Crippen LogP contribution is -1.97. The predicted octanol–water partition coefficient (Wildman–Crippen LogP) is 2.30. The van der Waals surface area contributed by atoms with Gasteiger partial charge < -0.3 is 0 Å². The third-order valence-corrected chi connectivity index (χ3v) is 1.96. The molecule has 1 aromatic heterocycles. The lowest BCUT2D eigenvalue weighted by Gasteiger charge is -1.96. The first-order valence-corrected chi connectivity index (χ1v) is 4.38. The van der Waals surface area contributed by atoms with Crippen LogP contribution in [0.2, 0.25) is 10.3 Å². The van der Waals surface area contributed by atoms with Crippen LogP contribution in [0.4, 0.5) is 5.69 Å². The number of hydrogen-bond acceptors (Lipinski definition) is 4. The highest BCUT2D eigenvalue weighted by molar-refractivity contribution is 14.1. The Morgan fingerprint density at radius 1 is 1.33 bits per heavy atom. The molecular formula is C4Cl2IN3O2. The van der Waals surface area contributed by atoms with Crippen molar-refractivity contribution in [2.24, 2.45) is 0 Å². The highest BCUT2D eigenvalue weighted by Gasteiger charge is 2.21. The topological polar surface area (TPSA) is 68.9 Å². The molecule has 64 valence electrons. The van der Waals surface area contributed by atoms with Crippen LogP contribution >= 0.6 is 45.8 Å². The van der Waals surface area contributed by atoms with Gasteiger partial charge in [0.1, 0.15) is 0 Å². The fraction of sp³-hybridized carbons (Fsp3) is 0. The molecule has 1 rings (SSSR count). The Bertz CT molecular complexity index is 322. The average Bonchev–Trinajstić information content (AvgIpc) is 1.82. The van der Waals surface area contributed by atoms with Crippen LogP contribution < -0.4 is 0 Å². The fourth-order valence-electron chi connectivity index (χ4n) is 0.529. The molecule has 0 spiro atoms. The van der Waals surface area contributed by atoms with Gasteiger partial charge in [0.05, 0.1) is 4.92 Å². The van der Waals surface area contributed by atoms with Gasteiger partial charge in [-0.15, -0.1) is 0 Å². The molecule has 0 saturated heterocycles. The third kappa shape index (κ3) is 1.93. The fourth-order valence-corrected chi connectivity index (χ4v) is 1.82. The third-order valence-electron chi connectivity index (χ3n) is 0.954. The van der Waals surface area contributed by atoms with Crippen molar-refractivity contribution < 1.29 is 4.92 Å². The Balaban J connectivity index is 3.38. The molecule has 0 saturated carbocycles. The molecule has 1 aromatic rings. The summed E-state index contributed by atoms with van der Waals surface area (Å²) >= 11 is 12.7. The van der Waals surface area contributed by atoms with Crippen molar-refractivity contribution in [2.45, 2.75) is 0 Å². The molecule has 1 heterocycles. The first-order chi connectivity index (χ1) is 5.52. The first-order valence-electron chi connectivity index (χ1n) is 2.55. The summed E-state index contributed by atoms with van der Waals surface area (Å²) in [7, 11) is 0. The van der Waals surface area contributed by atoms with Crippen LogP contribution in [-0.2, 0) is 0 Å². The van der Waals surface area contributed by atoms with Crippen molar-refractivity contribution in [3.8, 4) is 0 Å². The number of hydrogen-bond donors (Lipinski definition) is 0. The van der Waals surface area contributed by atoms with Gasteiger partial charge >= 0.3 is 5.69 Å². The van der Waals surface area contributed by atoms with E-state index in [2.05, 4.69) is 9.97 Å². The van der Waals surface area contributed by atoms with Crippen molar-refractivity contribution in [1.29, 1.82) is 0 Å². The van der Waals surface area contributed by atoms with Crippen LogP contribution in [0.25, 0.3) is 0 Å². The largest absolute Gasteiger partial charge is 0.343 e. The summed E-state index contributed by atoms with van der Waals surface area (Å²) in [4.78, 5) is 16.7. The van der Waals surface area contributed by atoms with E-state index in [-0.39, 0.29) is 14.1 Å². The zero-order valence-corrected chi connectivity index (χ0v) is 8.96. The second kappa shape index (κ2) is 3.67. The maximum atomic E-state index is 10.3. The van der Waals surface area contributed by atoms with E-state index in [9.17, 15) is 10.1 Å². The summed E-state index contributed by atoms with van der Waals surface area (Å²) in [5.74, 6) is 0. The van der Waals surface area contributed by atoms with Crippen LogP contribution in [0.1, 0.15) is 0 Å². The summed E-state index contributed by atoms with van der Waals surface area (Å²) < 4.78 is 0.271. The minimum Gasteiger partial charge on any atom is -0.258 e. The monoisotopic (exact) mass is 319 g/mol. The van der Waals surface area contributed by atoms with Crippen molar-refractivity contribution in [2.75, 3.05) is 0 Å². The minimum atomic E-state index is -0.721. The Kier molecular flexibility index (Phi) is 3.02.